The summed E-state index contributed by atoms with van der Waals surface area (Å²) >= 11 is 0. The van der Waals surface area contributed by atoms with Crippen LogP contribution in [-0.4, -0.2) is 51.2 Å². The van der Waals surface area contributed by atoms with Crippen molar-refractivity contribution in [1.29, 1.82) is 0 Å². The van der Waals surface area contributed by atoms with Crippen LogP contribution in [0.4, 0.5) is 0 Å². The van der Waals surface area contributed by atoms with Crippen LogP contribution >= 0.6 is 24.0 Å². The lowest BCUT2D eigenvalue weighted by molar-refractivity contribution is 0.338. The van der Waals surface area contributed by atoms with Gasteiger partial charge in [-0.25, -0.2) is 13.1 Å². The molecule has 6 nitrogen and oxygen atoms in total. The van der Waals surface area contributed by atoms with Gasteiger partial charge in [0.15, 0.2) is 5.96 Å². The number of aliphatic imine (C=N–C) groups is 1. The molecule has 114 valence electrons. The van der Waals surface area contributed by atoms with E-state index < -0.39 is 10.0 Å². The number of likely N-dealkylation sites (tertiary alicyclic amines) is 1. The first kappa shape index (κ1) is 18.9. The molecule has 0 saturated carbocycles. The van der Waals surface area contributed by atoms with E-state index in [1.165, 1.54) is 19.3 Å². The monoisotopic (exact) mass is 404 g/mol. The number of hydrogen-bond acceptors (Lipinski definition) is 3. The summed E-state index contributed by atoms with van der Waals surface area (Å²) < 4.78 is 24.8. The van der Waals surface area contributed by atoms with Crippen LogP contribution in [-0.2, 0) is 10.0 Å². The summed E-state index contributed by atoms with van der Waals surface area (Å²) in [6.45, 7) is 4.58. The molecule has 1 rings (SSSR count). The molecule has 1 aliphatic heterocycles. The quantitative estimate of drug-likeness (QED) is 0.296. The number of nitrogens with one attached hydrogen (secondary N) is 1. The van der Waals surface area contributed by atoms with E-state index in [2.05, 4.69) is 14.6 Å². The molecule has 8 heteroatoms. The van der Waals surface area contributed by atoms with Crippen molar-refractivity contribution >= 4 is 40.0 Å². The molecule has 0 aromatic carbocycles. The van der Waals surface area contributed by atoms with Gasteiger partial charge in [0.05, 0.1) is 5.75 Å². The summed E-state index contributed by atoms with van der Waals surface area (Å²) in [5.74, 6) is 0.708. The maximum Gasteiger partial charge on any atom is 0.211 e. The Labute approximate surface area is 133 Å². The third kappa shape index (κ3) is 7.93. The van der Waals surface area contributed by atoms with Crippen molar-refractivity contribution in [3.63, 3.8) is 0 Å². The second kappa shape index (κ2) is 9.76. The SMILES string of the molecule is CCS(=O)(=O)NCCCN=C(N)N1CCCCC1.I. The number of halogens is 1. The fourth-order valence-electron chi connectivity index (χ4n) is 1.83. The van der Waals surface area contributed by atoms with Crippen LogP contribution < -0.4 is 10.5 Å². The first-order valence-electron chi connectivity index (χ1n) is 6.57. The van der Waals surface area contributed by atoms with Gasteiger partial charge in [-0.15, -0.1) is 24.0 Å². The molecule has 0 amide bonds. The van der Waals surface area contributed by atoms with Crippen LogP contribution in [0.5, 0.6) is 0 Å². The van der Waals surface area contributed by atoms with Gasteiger partial charge in [0.1, 0.15) is 0 Å². The zero-order chi connectivity index (χ0) is 13.4. The summed E-state index contributed by atoms with van der Waals surface area (Å²) in [5.41, 5.74) is 5.88. The number of nitrogens with two attached hydrogens (primary N) is 1. The Balaban J connectivity index is 0.00000324. The minimum atomic E-state index is -3.08. The third-order valence-electron chi connectivity index (χ3n) is 2.99. The van der Waals surface area contributed by atoms with Crippen molar-refractivity contribution in [2.75, 3.05) is 31.9 Å². The molecule has 19 heavy (non-hydrogen) atoms. The van der Waals surface area contributed by atoms with E-state index in [-0.39, 0.29) is 29.7 Å². The predicted molar refractivity (Wildman–Crippen MR) is 89.4 cm³/mol. The normalized spacial score (nSPS) is 17.1. The molecular weight excluding hydrogens is 379 g/mol. The van der Waals surface area contributed by atoms with Gasteiger partial charge in [-0.05, 0) is 32.6 Å². The van der Waals surface area contributed by atoms with Gasteiger partial charge in [-0.3, -0.25) is 4.99 Å². The number of guanidine groups is 1. The van der Waals surface area contributed by atoms with Gasteiger partial charge in [-0.1, -0.05) is 0 Å². The topological polar surface area (TPSA) is 87.8 Å². The van der Waals surface area contributed by atoms with Crippen molar-refractivity contribution in [2.24, 2.45) is 10.7 Å². The summed E-state index contributed by atoms with van der Waals surface area (Å²) in [5, 5.41) is 0. The lowest BCUT2D eigenvalue weighted by Crippen LogP contribution is -2.41. The van der Waals surface area contributed by atoms with Gasteiger partial charge in [-0.2, -0.15) is 0 Å². The maximum atomic E-state index is 11.2. The van der Waals surface area contributed by atoms with Gasteiger partial charge in [0, 0.05) is 26.2 Å². The number of hydrogen-bond donors (Lipinski definition) is 2. The second-order valence-corrected chi connectivity index (χ2v) is 6.53. The summed E-state index contributed by atoms with van der Waals surface area (Å²) in [6, 6.07) is 0. The lowest BCUT2D eigenvalue weighted by Gasteiger charge is -2.27. The first-order chi connectivity index (χ1) is 8.55. The largest absolute Gasteiger partial charge is 0.370 e. The second-order valence-electron chi connectivity index (χ2n) is 4.44. The average molecular weight is 404 g/mol. The van der Waals surface area contributed by atoms with E-state index in [0.717, 1.165) is 13.1 Å². The number of piperidine rings is 1. The highest BCUT2D eigenvalue weighted by molar-refractivity contribution is 14.0. The molecule has 0 radical (unpaired) electrons. The molecule has 1 fully saturated rings. The first-order valence-corrected chi connectivity index (χ1v) is 8.22. The smallest absolute Gasteiger partial charge is 0.211 e. The molecule has 0 aromatic rings. The highest BCUT2D eigenvalue weighted by Gasteiger charge is 2.11. The molecule has 1 heterocycles. The zero-order valence-electron chi connectivity index (χ0n) is 11.5. The van der Waals surface area contributed by atoms with Crippen LogP contribution in [0, 0.1) is 0 Å². The maximum absolute atomic E-state index is 11.2. The number of nitrogens with zero attached hydrogens (tertiary/aromatic N) is 2. The fraction of sp³-hybridized carbons (Fsp3) is 0.909. The number of rotatable bonds is 6. The predicted octanol–water partition coefficient (Wildman–Crippen LogP) is 0.734. The summed E-state index contributed by atoms with van der Waals surface area (Å²) in [7, 11) is -3.08. The Morgan fingerprint density at radius 2 is 1.95 bits per heavy atom. The van der Waals surface area contributed by atoms with Crippen molar-refractivity contribution in [3.05, 3.63) is 0 Å². The van der Waals surface area contributed by atoms with Crippen LogP contribution in [0.3, 0.4) is 0 Å². The highest BCUT2D eigenvalue weighted by atomic mass is 127. The highest BCUT2D eigenvalue weighted by Crippen LogP contribution is 2.07. The van der Waals surface area contributed by atoms with E-state index >= 15 is 0 Å². The van der Waals surface area contributed by atoms with Gasteiger partial charge in [0.2, 0.25) is 10.0 Å². The lowest BCUT2D eigenvalue weighted by atomic mass is 10.1. The minimum Gasteiger partial charge on any atom is -0.370 e. The van der Waals surface area contributed by atoms with Crippen molar-refractivity contribution < 1.29 is 8.42 Å². The molecular formula is C11H25IN4O2S. The van der Waals surface area contributed by atoms with E-state index in [4.69, 9.17) is 5.73 Å². The Kier molecular flexibility index (Phi) is 9.71. The van der Waals surface area contributed by atoms with Crippen molar-refractivity contribution in [2.45, 2.75) is 32.6 Å². The summed E-state index contributed by atoms with van der Waals surface area (Å²) in [6.07, 6.45) is 4.29. The van der Waals surface area contributed by atoms with E-state index in [1.807, 2.05) is 0 Å². The number of sulfonamides is 1. The zero-order valence-corrected chi connectivity index (χ0v) is 14.6. The Morgan fingerprint density at radius 3 is 2.53 bits per heavy atom. The molecule has 0 atom stereocenters. The van der Waals surface area contributed by atoms with Gasteiger partial charge in [0.25, 0.3) is 0 Å². The van der Waals surface area contributed by atoms with E-state index in [1.54, 1.807) is 6.92 Å². The Bertz CT molecular complexity index is 367. The van der Waals surface area contributed by atoms with Crippen LogP contribution in [0.15, 0.2) is 4.99 Å². The summed E-state index contributed by atoms with van der Waals surface area (Å²) in [4.78, 5) is 6.38. The van der Waals surface area contributed by atoms with Gasteiger partial charge < -0.3 is 10.6 Å². The van der Waals surface area contributed by atoms with Gasteiger partial charge >= 0.3 is 0 Å². The molecule has 0 aliphatic carbocycles. The molecule has 0 spiro atoms. The third-order valence-corrected chi connectivity index (χ3v) is 4.39. The Morgan fingerprint density at radius 1 is 1.32 bits per heavy atom. The van der Waals surface area contributed by atoms with E-state index in [9.17, 15) is 8.42 Å². The Hall–Kier alpha value is -0.0900. The molecule has 1 saturated heterocycles. The molecule has 0 bridgehead atoms. The molecule has 0 unspecified atom stereocenters. The van der Waals surface area contributed by atoms with E-state index in [0.29, 0.717) is 25.5 Å². The van der Waals surface area contributed by atoms with Crippen LogP contribution in [0.25, 0.3) is 0 Å². The minimum absolute atomic E-state index is 0. The van der Waals surface area contributed by atoms with Crippen molar-refractivity contribution in [3.8, 4) is 0 Å². The van der Waals surface area contributed by atoms with Crippen molar-refractivity contribution in [1.82, 2.24) is 9.62 Å². The standard InChI is InChI=1S/C11H24N4O2S.HI/c1-2-18(16,17)14-8-6-7-13-11(12)15-9-4-3-5-10-15;/h14H,2-10H2,1H3,(H2,12,13);1H. The average Bonchev–Trinajstić information content (AvgIpc) is 2.39. The molecule has 0 aromatic heterocycles. The molecule has 1 aliphatic rings. The fourth-order valence-corrected chi connectivity index (χ4v) is 2.48. The van der Waals surface area contributed by atoms with Crippen LogP contribution in [0.1, 0.15) is 32.6 Å². The van der Waals surface area contributed by atoms with Crippen LogP contribution in [0.2, 0.25) is 0 Å². The molecule has 3 N–H and O–H groups in total.